The minimum atomic E-state index is -0.347. The van der Waals surface area contributed by atoms with Gasteiger partial charge in [0.2, 0.25) is 5.91 Å². The maximum Gasteiger partial charge on any atom is 0.324 e. The van der Waals surface area contributed by atoms with Gasteiger partial charge in [0.05, 0.1) is 11.9 Å². The summed E-state index contributed by atoms with van der Waals surface area (Å²) in [5.41, 5.74) is 0.966. The number of aromatic nitrogens is 2. The highest BCUT2D eigenvalue weighted by Crippen LogP contribution is 2.32. The van der Waals surface area contributed by atoms with Crippen molar-refractivity contribution in [2.45, 2.75) is 18.1 Å². The summed E-state index contributed by atoms with van der Waals surface area (Å²) in [4.78, 5) is 44.0. The first-order valence-electron chi connectivity index (χ1n) is 9.50. The van der Waals surface area contributed by atoms with Crippen LogP contribution in [-0.4, -0.2) is 45.2 Å². The summed E-state index contributed by atoms with van der Waals surface area (Å²) in [5.74, 6) is 0.420. The predicted molar refractivity (Wildman–Crippen MR) is 120 cm³/mol. The predicted octanol–water partition coefficient (Wildman–Crippen LogP) is 3.35. The molecular weight excluding hydrogens is 420 g/mol. The first kappa shape index (κ1) is 20.4. The van der Waals surface area contributed by atoms with Gasteiger partial charge >= 0.3 is 6.03 Å². The molecule has 3 amide bonds. The number of hydrogen-bond donors (Lipinski definition) is 1. The van der Waals surface area contributed by atoms with Crippen LogP contribution in [0.1, 0.15) is 6.42 Å². The number of rotatable bonds is 8. The number of urea groups is 1. The van der Waals surface area contributed by atoms with Gasteiger partial charge in [0.25, 0.3) is 5.56 Å². The fourth-order valence-electron chi connectivity index (χ4n) is 3.21. The Kier molecular flexibility index (Phi) is 6.01. The topological polar surface area (TPSA) is 84.3 Å². The summed E-state index contributed by atoms with van der Waals surface area (Å²) in [7, 11) is 0. The van der Waals surface area contributed by atoms with Gasteiger partial charge in [0.15, 0.2) is 5.16 Å². The number of allylic oxidation sites excluding steroid dienone is 1. The third-order valence-electron chi connectivity index (χ3n) is 4.68. The molecule has 1 aliphatic rings. The smallest absolute Gasteiger partial charge is 0.324 e. The summed E-state index contributed by atoms with van der Waals surface area (Å²) in [6, 6.07) is 11.5. The van der Waals surface area contributed by atoms with Gasteiger partial charge < -0.3 is 5.32 Å². The normalized spacial score (nSPS) is 13.8. The van der Waals surface area contributed by atoms with E-state index in [2.05, 4.69) is 11.9 Å². The molecule has 0 aliphatic carbocycles. The molecule has 0 radical (unpaired) electrons. The number of amides is 3. The van der Waals surface area contributed by atoms with E-state index in [1.807, 2.05) is 36.4 Å². The highest BCUT2D eigenvalue weighted by molar-refractivity contribution is 7.99. The zero-order valence-corrected chi connectivity index (χ0v) is 17.8. The minimum Gasteiger partial charge on any atom is -0.329 e. The van der Waals surface area contributed by atoms with Crippen molar-refractivity contribution in [3.8, 4) is 10.4 Å². The first-order valence-corrected chi connectivity index (χ1v) is 11.3. The molecule has 0 unspecified atom stereocenters. The third kappa shape index (κ3) is 4.03. The largest absolute Gasteiger partial charge is 0.329 e. The molecule has 1 aliphatic heterocycles. The minimum absolute atomic E-state index is 0.0607. The zero-order chi connectivity index (χ0) is 21.1. The van der Waals surface area contributed by atoms with Gasteiger partial charge in [-0.15, -0.1) is 17.9 Å². The summed E-state index contributed by atoms with van der Waals surface area (Å²) in [6.45, 7) is 4.53. The SMILES string of the molecule is C=CCn1c(SCCCN2C(=O)CNC2=O)nc2sc(-c3ccccc3)cc2c1=O. The Hall–Kier alpha value is -2.91. The molecule has 3 heterocycles. The van der Waals surface area contributed by atoms with Crippen molar-refractivity contribution in [1.82, 2.24) is 19.8 Å². The molecule has 1 aromatic carbocycles. The molecule has 0 atom stereocenters. The van der Waals surface area contributed by atoms with E-state index < -0.39 is 0 Å². The first-order chi connectivity index (χ1) is 14.6. The van der Waals surface area contributed by atoms with Crippen LogP contribution in [0.15, 0.2) is 59.0 Å². The summed E-state index contributed by atoms with van der Waals surface area (Å²) in [5, 5.41) is 3.73. The lowest BCUT2D eigenvalue weighted by Gasteiger charge is -2.13. The lowest BCUT2D eigenvalue weighted by molar-refractivity contribution is -0.124. The van der Waals surface area contributed by atoms with E-state index in [-0.39, 0.29) is 24.0 Å². The molecule has 2 aromatic heterocycles. The summed E-state index contributed by atoms with van der Waals surface area (Å²) >= 11 is 2.94. The Bertz CT molecular complexity index is 1150. The van der Waals surface area contributed by atoms with Crippen LogP contribution in [0.4, 0.5) is 4.79 Å². The number of benzene rings is 1. The zero-order valence-electron chi connectivity index (χ0n) is 16.2. The third-order valence-corrected chi connectivity index (χ3v) is 6.82. The lowest BCUT2D eigenvalue weighted by atomic mass is 10.2. The van der Waals surface area contributed by atoms with Crippen molar-refractivity contribution in [1.29, 1.82) is 0 Å². The van der Waals surface area contributed by atoms with Gasteiger partial charge in [-0.1, -0.05) is 48.2 Å². The number of thioether (sulfide) groups is 1. The molecule has 3 aromatic rings. The average Bonchev–Trinajstić information content (AvgIpc) is 3.32. The monoisotopic (exact) mass is 440 g/mol. The van der Waals surface area contributed by atoms with E-state index >= 15 is 0 Å². The maximum atomic E-state index is 13.1. The van der Waals surface area contributed by atoms with Gasteiger partial charge in [-0.2, -0.15) is 0 Å². The molecule has 30 heavy (non-hydrogen) atoms. The Labute approximate surface area is 181 Å². The second kappa shape index (κ2) is 8.85. The quantitative estimate of drug-likeness (QED) is 0.191. The van der Waals surface area contributed by atoms with Crippen LogP contribution in [-0.2, 0) is 11.3 Å². The summed E-state index contributed by atoms with van der Waals surface area (Å²) in [6.07, 6.45) is 2.29. The fraction of sp³-hybridized carbons (Fsp3) is 0.238. The van der Waals surface area contributed by atoms with Gasteiger partial charge in [-0.25, -0.2) is 9.78 Å². The van der Waals surface area contributed by atoms with Crippen LogP contribution in [0.5, 0.6) is 0 Å². The Morgan fingerprint density at radius 1 is 1.23 bits per heavy atom. The number of hydrogen-bond acceptors (Lipinski definition) is 6. The fourth-order valence-corrected chi connectivity index (χ4v) is 5.22. The van der Waals surface area contributed by atoms with Gasteiger partial charge in [0, 0.05) is 23.7 Å². The van der Waals surface area contributed by atoms with Crippen LogP contribution in [0.2, 0.25) is 0 Å². The number of nitrogens with one attached hydrogen (secondary N) is 1. The number of carbonyl (C=O) groups is 2. The molecule has 9 heteroatoms. The molecule has 1 saturated heterocycles. The average molecular weight is 441 g/mol. The van der Waals surface area contributed by atoms with E-state index in [1.165, 1.54) is 28.0 Å². The van der Waals surface area contributed by atoms with Crippen molar-refractivity contribution in [2.75, 3.05) is 18.8 Å². The second-order valence-electron chi connectivity index (χ2n) is 6.70. The summed E-state index contributed by atoms with van der Waals surface area (Å²) < 4.78 is 1.62. The number of imide groups is 1. The molecule has 7 nitrogen and oxygen atoms in total. The molecule has 1 N–H and O–H groups in total. The van der Waals surface area contributed by atoms with Crippen LogP contribution < -0.4 is 10.9 Å². The second-order valence-corrected chi connectivity index (χ2v) is 8.79. The lowest BCUT2D eigenvalue weighted by Crippen LogP contribution is -2.32. The van der Waals surface area contributed by atoms with E-state index in [9.17, 15) is 14.4 Å². The van der Waals surface area contributed by atoms with Crippen LogP contribution in [0, 0.1) is 0 Å². The number of thiophene rings is 1. The van der Waals surface area contributed by atoms with Crippen LogP contribution in [0.3, 0.4) is 0 Å². The molecule has 0 bridgehead atoms. The molecule has 0 spiro atoms. The highest BCUT2D eigenvalue weighted by atomic mass is 32.2. The molecular formula is C21H20N4O3S2. The molecule has 4 rings (SSSR count). The van der Waals surface area contributed by atoms with Gasteiger partial charge in [-0.3, -0.25) is 19.1 Å². The van der Waals surface area contributed by atoms with Crippen molar-refractivity contribution >= 4 is 45.3 Å². The standard InChI is InChI=1S/C21H20N4O3S2/c1-2-9-25-19(27)15-12-16(14-7-4-3-5-8-14)30-18(15)23-21(25)29-11-6-10-24-17(26)13-22-20(24)28/h2-5,7-8,12H,1,6,9-11,13H2,(H,22,28). The van der Waals surface area contributed by atoms with Crippen LogP contribution in [0.25, 0.3) is 20.7 Å². The van der Waals surface area contributed by atoms with Gasteiger partial charge in [-0.05, 0) is 18.1 Å². The molecule has 154 valence electrons. The van der Waals surface area contributed by atoms with E-state index in [1.54, 1.807) is 10.6 Å². The van der Waals surface area contributed by atoms with Crippen molar-refractivity contribution in [3.63, 3.8) is 0 Å². The van der Waals surface area contributed by atoms with Crippen molar-refractivity contribution in [2.24, 2.45) is 0 Å². The Morgan fingerprint density at radius 2 is 2.03 bits per heavy atom. The molecule has 1 fully saturated rings. The van der Waals surface area contributed by atoms with Crippen molar-refractivity contribution < 1.29 is 9.59 Å². The number of nitrogens with zero attached hydrogens (tertiary/aromatic N) is 3. The Balaban J connectivity index is 1.56. The van der Waals surface area contributed by atoms with E-state index in [0.717, 1.165) is 10.4 Å². The number of fused-ring (bicyclic) bond motifs is 1. The van der Waals surface area contributed by atoms with E-state index in [0.29, 0.717) is 40.6 Å². The Morgan fingerprint density at radius 3 is 2.73 bits per heavy atom. The maximum absolute atomic E-state index is 13.1. The molecule has 0 saturated carbocycles. The van der Waals surface area contributed by atoms with Gasteiger partial charge in [0.1, 0.15) is 4.83 Å². The van der Waals surface area contributed by atoms with E-state index in [4.69, 9.17) is 4.98 Å². The highest BCUT2D eigenvalue weighted by Gasteiger charge is 2.27. The van der Waals surface area contributed by atoms with Crippen LogP contribution >= 0.6 is 23.1 Å². The number of carbonyl (C=O) groups excluding carboxylic acids is 2. The van der Waals surface area contributed by atoms with Crippen molar-refractivity contribution in [3.05, 3.63) is 59.4 Å².